The van der Waals surface area contributed by atoms with Gasteiger partial charge in [-0.25, -0.2) is 0 Å². The van der Waals surface area contributed by atoms with E-state index >= 15 is 0 Å². The average Bonchev–Trinajstić information content (AvgIpc) is 2.25. The quantitative estimate of drug-likeness (QED) is 0.522. The Hall–Kier alpha value is -1.31. The van der Waals surface area contributed by atoms with Crippen LogP contribution in [-0.2, 0) is 9.53 Å². The standard InChI is InChI=1S/C13H18O2/c1-3-12(14)15-11-7-10-13(2)8-5-4-6-9-13/h4-8,10H,3,9,11H2,1-2H3. The lowest BCUT2D eigenvalue weighted by Gasteiger charge is -2.21. The minimum Gasteiger partial charge on any atom is -0.461 e. The van der Waals surface area contributed by atoms with Gasteiger partial charge in [0.1, 0.15) is 6.61 Å². The monoisotopic (exact) mass is 206 g/mol. The molecule has 0 aromatic carbocycles. The number of rotatable bonds is 4. The number of hydrogen-bond acceptors (Lipinski definition) is 2. The zero-order valence-corrected chi connectivity index (χ0v) is 9.40. The number of ether oxygens (including phenoxy) is 1. The maximum Gasteiger partial charge on any atom is 0.305 e. The van der Waals surface area contributed by atoms with Gasteiger partial charge in [0.15, 0.2) is 0 Å². The van der Waals surface area contributed by atoms with Gasteiger partial charge in [0, 0.05) is 11.8 Å². The van der Waals surface area contributed by atoms with Crippen LogP contribution in [0.3, 0.4) is 0 Å². The van der Waals surface area contributed by atoms with Gasteiger partial charge >= 0.3 is 5.97 Å². The summed E-state index contributed by atoms with van der Waals surface area (Å²) in [5.41, 5.74) is 0.0768. The predicted octanol–water partition coefficient (Wildman–Crippen LogP) is 3.02. The normalized spacial score (nSPS) is 24.7. The molecule has 0 N–H and O–H groups in total. The molecular formula is C13H18O2. The Morgan fingerprint density at radius 3 is 2.93 bits per heavy atom. The Balaban J connectivity index is 2.34. The summed E-state index contributed by atoms with van der Waals surface area (Å²) in [6, 6.07) is 0. The van der Waals surface area contributed by atoms with Gasteiger partial charge in [-0.1, -0.05) is 50.3 Å². The second-order valence-corrected chi connectivity index (χ2v) is 3.94. The lowest BCUT2D eigenvalue weighted by Crippen LogP contribution is -2.10. The van der Waals surface area contributed by atoms with E-state index in [1.807, 2.05) is 18.2 Å². The lowest BCUT2D eigenvalue weighted by atomic mass is 9.83. The smallest absolute Gasteiger partial charge is 0.305 e. The summed E-state index contributed by atoms with van der Waals surface area (Å²) in [6.07, 6.45) is 13.8. The molecule has 1 aliphatic rings. The maximum atomic E-state index is 10.9. The van der Waals surface area contributed by atoms with Crippen LogP contribution in [0.4, 0.5) is 0 Å². The zero-order chi connectivity index (χ0) is 11.1. The first-order chi connectivity index (χ1) is 7.16. The van der Waals surface area contributed by atoms with Crippen molar-refractivity contribution in [3.05, 3.63) is 36.5 Å². The largest absolute Gasteiger partial charge is 0.461 e. The fourth-order valence-electron chi connectivity index (χ4n) is 1.43. The Morgan fingerprint density at radius 1 is 1.53 bits per heavy atom. The van der Waals surface area contributed by atoms with Gasteiger partial charge in [0.25, 0.3) is 0 Å². The van der Waals surface area contributed by atoms with Crippen LogP contribution >= 0.6 is 0 Å². The minimum atomic E-state index is -0.149. The molecule has 0 aromatic rings. The van der Waals surface area contributed by atoms with Gasteiger partial charge in [0.05, 0.1) is 0 Å². The molecule has 1 unspecified atom stereocenters. The molecular weight excluding hydrogens is 188 g/mol. The number of carbonyl (C=O) groups is 1. The van der Waals surface area contributed by atoms with E-state index in [-0.39, 0.29) is 11.4 Å². The average molecular weight is 206 g/mol. The fourth-order valence-corrected chi connectivity index (χ4v) is 1.43. The van der Waals surface area contributed by atoms with Crippen molar-refractivity contribution in [3.63, 3.8) is 0 Å². The summed E-state index contributed by atoms with van der Waals surface area (Å²) in [6.45, 7) is 4.33. The second kappa shape index (κ2) is 5.54. The third kappa shape index (κ3) is 4.15. The third-order valence-electron chi connectivity index (χ3n) is 2.41. The summed E-state index contributed by atoms with van der Waals surface area (Å²) < 4.78 is 4.96. The highest BCUT2D eigenvalue weighted by Gasteiger charge is 2.16. The van der Waals surface area contributed by atoms with Crippen molar-refractivity contribution >= 4 is 5.97 Å². The predicted molar refractivity (Wildman–Crippen MR) is 61.4 cm³/mol. The summed E-state index contributed by atoms with van der Waals surface area (Å²) >= 11 is 0. The van der Waals surface area contributed by atoms with Crippen LogP contribution in [0.1, 0.15) is 26.7 Å². The number of hydrogen-bond donors (Lipinski definition) is 0. The highest BCUT2D eigenvalue weighted by Crippen LogP contribution is 2.28. The lowest BCUT2D eigenvalue weighted by molar-refractivity contribution is -0.141. The van der Waals surface area contributed by atoms with E-state index in [0.717, 1.165) is 6.42 Å². The zero-order valence-electron chi connectivity index (χ0n) is 9.40. The highest BCUT2D eigenvalue weighted by atomic mass is 16.5. The fraction of sp³-hybridized carbons (Fsp3) is 0.462. The molecule has 0 aliphatic heterocycles. The van der Waals surface area contributed by atoms with Crippen molar-refractivity contribution in [1.82, 2.24) is 0 Å². The van der Waals surface area contributed by atoms with Gasteiger partial charge in [-0.05, 0) is 6.42 Å². The van der Waals surface area contributed by atoms with Crippen molar-refractivity contribution in [2.24, 2.45) is 5.41 Å². The molecule has 0 heterocycles. The second-order valence-electron chi connectivity index (χ2n) is 3.94. The number of allylic oxidation sites excluding steroid dienone is 5. The van der Waals surface area contributed by atoms with Crippen LogP contribution in [0.25, 0.3) is 0 Å². The first-order valence-corrected chi connectivity index (χ1v) is 5.34. The SMILES string of the molecule is CCC(=O)OCC=CC1(C)C=CC=CC1. The molecule has 15 heavy (non-hydrogen) atoms. The summed E-state index contributed by atoms with van der Waals surface area (Å²) in [5.74, 6) is -0.149. The highest BCUT2D eigenvalue weighted by molar-refractivity contribution is 5.68. The Bertz CT molecular complexity index is 300. The van der Waals surface area contributed by atoms with Gasteiger partial charge in [-0.2, -0.15) is 0 Å². The molecule has 2 heteroatoms. The molecule has 1 aliphatic carbocycles. The van der Waals surface area contributed by atoms with Crippen molar-refractivity contribution in [2.75, 3.05) is 6.61 Å². The first kappa shape index (κ1) is 11.8. The van der Waals surface area contributed by atoms with E-state index in [9.17, 15) is 4.79 Å². The summed E-state index contributed by atoms with van der Waals surface area (Å²) in [5, 5.41) is 0. The minimum absolute atomic E-state index is 0.0768. The molecule has 2 nitrogen and oxygen atoms in total. The maximum absolute atomic E-state index is 10.9. The molecule has 0 fully saturated rings. The summed E-state index contributed by atoms with van der Waals surface area (Å²) in [4.78, 5) is 10.9. The van der Waals surface area contributed by atoms with E-state index < -0.39 is 0 Å². The molecule has 1 rings (SSSR count). The van der Waals surface area contributed by atoms with E-state index in [0.29, 0.717) is 13.0 Å². The molecule has 0 aromatic heterocycles. The molecule has 82 valence electrons. The van der Waals surface area contributed by atoms with Crippen molar-refractivity contribution in [1.29, 1.82) is 0 Å². The van der Waals surface area contributed by atoms with Crippen LogP contribution < -0.4 is 0 Å². The van der Waals surface area contributed by atoms with Gasteiger partial charge < -0.3 is 4.74 Å². The third-order valence-corrected chi connectivity index (χ3v) is 2.41. The van der Waals surface area contributed by atoms with E-state index in [1.165, 1.54) is 0 Å². The molecule has 0 amide bonds. The molecule has 1 atom stereocenters. The van der Waals surface area contributed by atoms with Crippen LogP contribution in [0.5, 0.6) is 0 Å². The van der Waals surface area contributed by atoms with Gasteiger partial charge in [-0.3, -0.25) is 4.79 Å². The molecule has 0 spiro atoms. The van der Waals surface area contributed by atoms with Crippen LogP contribution in [-0.4, -0.2) is 12.6 Å². The molecule has 0 saturated carbocycles. The Kier molecular flexibility index (Phi) is 4.35. The molecule has 0 bridgehead atoms. The molecule has 0 radical (unpaired) electrons. The number of esters is 1. The van der Waals surface area contributed by atoms with E-state index in [1.54, 1.807) is 6.92 Å². The van der Waals surface area contributed by atoms with Crippen molar-refractivity contribution in [3.8, 4) is 0 Å². The molecule has 0 saturated heterocycles. The van der Waals surface area contributed by atoms with E-state index in [2.05, 4.69) is 25.2 Å². The van der Waals surface area contributed by atoms with Crippen LogP contribution in [0.2, 0.25) is 0 Å². The summed E-state index contributed by atoms with van der Waals surface area (Å²) in [7, 11) is 0. The van der Waals surface area contributed by atoms with E-state index in [4.69, 9.17) is 4.74 Å². The Morgan fingerprint density at radius 2 is 2.33 bits per heavy atom. The van der Waals surface area contributed by atoms with Crippen molar-refractivity contribution in [2.45, 2.75) is 26.7 Å². The topological polar surface area (TPSA) is 26.3 Å². The van der Waals surface area contributed by atoms with Gasteiger partial charge in [0.2, 0.25) is 0 Å². The Labute approximate surface area is 91.3 Å². The number of carbonyl (C=O) groups excluding carboxylic acids is 1. The van der Waals surface area contributed by atoms with Crippen LogP contribution in [0.15, 0.2) is 36.5 Å². The van der Waals surface area contributed by atoms with Crippen LogP contribution in [0, 0.1) is 5.41 Å². The van der Waals surface area contributed by atoms with Gasteiger partial charge in [-0.15, -0.1) is 0 Å². The first-order valence-electron chi connectivity index (χ1n) is 5.34. The van der Waals surface area contributed by atoms with Crippen molar-refractivity contribution < 1.29 is 9.53 Å².